The van der Waals surface area contributed by atoms with E-state index in [1.54, 1.807) is 10.8 Å². The number of aromatic nitrogens is 2. The Balaban J connectivity index is 1.43. The molecule has 4 rings (SSSR count). The molecule has 1 N–H and O–H groups in total. The Labute approximate surface area is 192 Å². The summed E-state index contributed by atoms with van der Waals surface area (Å²) >= 11 is 1.35. The number of anilines is 1. The first-order valence-electron chi connectivity index (χ1n) is 11.3. The lowest BCUT2D eigenvalue weighted by atomic mass is 9.97. The number of fused-ring (bicyclic) bond motifs is 1. The number of carbonyl (C=O) groups excluding carboxylic acids is 1. The molecule has 0 radical (unpaired) electrons. The van der Waals surface area contributed by atoms with Crippen molar-refractivity contribution in [3.05, 3.63) is 75.7 Å². The SMILES string of the molecule is CCCCc1ccc(NC(=O)CSc2nc(=O)n(Cc3ccco3)c3c2CCCC3)cc1. The number of aryl methyl sites for hydroxylation is 1. The molecule has 0 saturated carbocycles. The summed E-state index contributed by atoms with van der Waals surface area (Å²) < 4.78 is 7.15. The predicted octanol–water partition coefficient (Wildman–Crippen LogP) is 4.84. The zero-order chi connectivity index (χ0) is 22.3. The molecule has 0 aliphatic heterocycles. The predicted molar refractivity (Wildman–Crippen MR) is 127 cm³/mol. The first kappa shape index (κ1) is 22.4. The largest absolute Gasteiger partial charge is 0.467 e. The van der Waals surface area contributed by atoms with Gasteiger partial charge in [-0.2, -0.15) is 4.98 Å². The molecule has 0 bridgehead atoms. The van der Waals surface area contributed by atoms with Gasteiger partial charge in [0.15, 0.2) is 0 Å². The second-order valence-corrected chi connectivity index (χ2v) is 9.10. The van der Waals surface area contributed by atoms with Crippen LogP contribution in [0.3, 0.4) is 0 Å². The van der Waals surface area contributed by atoms with Crippen LogP contribution in [0.4, 0.5) is 5.69 Å². The van der Waals surface area contributed by atoms with Crippen LogP contribution in [0, 0.1) is 0 Å². The maximum Gasteiger partial charge on any atom is 0.349 e. The van der Waals surface area contributed by atoms with E-state index in [1.165, 1.54) is 30.2 Å². The molecule has 168 valence electrons. The Hall–Kier alpha value is -2.80. The van der Waals surface area contributed by atoms with Crippen LogP contribution in [-0.4, -0.2) is 21.2 Å². The summed E-state index contributed by atoms with van der Waals surface area (Å²) in [5.74, 6) is 0.864. The first-order valence-corrected chi connectivity index (χ1v) is 12.3. The Morgan fingerprint density at radius 3 is 2.75 bits per heavy atom. The average molecular weight is 452 g/mol. The standard InChI is InChI=1S/C25H29N3O3S/c1-2-3-7-18-11-13-19(14-12-18)26-23(29)17-32-24-21-9-4-5-10-22(21)28(25(30)27-24)16-20-8-6-15-31-20/h6,8,11-15H,2-5,7,9-10,16-17H2,1H3,(H,26,29). The fourth-order valence-electron chi connectivity index (χ4n) is 4.06. The molecule has 0 atom stereocenters. The van der Waals surface area contributed by atoms with Gasteiger partial charge in [-0.15, -0.1) is 0 Å². The zero-order valence-electron chi connectivity index (χ0n) is 18.4. The number of unbranched alkanes of at least 4 members (excludes halogenated alkanes) is 1. The second kappa shape index (κ2) is 10.7. The molecule has 1 aliphatic carbocycles. The molecule has 0 fully saturated rings. The number of carbonyl (C=O) groups is 1. The molecule has 1 aliphatic rings. The van der Waals surface area contributed by atoms with Crippen molar-refractivity contribution in [2.75, 3.05) is 11.1 Å². The monoisotopic (exact) mass is 451 g/mol. The van der Waals surface area contributed by atoms with Crippen molar-refractivity contribution in [1.29, 1.82) is 0 Å². The number of nitrogens with one attached hydrogen (secondary N) is 1. The van der Waals surface area contributed by atoms with E-state index < -0.39 is 0 Å². The van der Waals surface area contributed by atoms with E-state index in [1.807, 2.05) is 24.3 Å². The van der Waals surface area contributed by atoms with Crippen LogP contribution in [0.15, 0.2) is 56.9 Å². The molecule has 0 spiro atoms. The van der Waals surface area contributed by atoms with Crippen LogP contribution in [-0.2, 0) is 30.6 Å². The number of amides is 1. The maximum atomic E-state index is 12.8. The van der Waals surface area contributed by atoms with Crippen LogP contribution in [0.5, 0.6) is 0 Å². The minimum atomic E-state index is -0.285. The molecule has 7 heteroatoms. The molecule has 0 saturated heterocycles. The zero-order valence-corrected chi connectivity index (χ0v) is 19.2. The van der Waals surface area contributed by atoms with E-state index in [0.717, 1.165) is 54.8 Å². The Morgan fingerprint density at radius 1 is 1.19 bits per heavy atom. The fraction of sp³-hybridized carbons (Fsp3) is 0.400. The summed E-state index contributed by atoms with van der Waals surface area (Å²) in [6, 6.07) is 11.7. The Morgan fingerprint density at radius 2 is 2.00 bits per heavy atom. The lowest BCUT2D eigenvalue weighted by Crippen LogP contribution is -2.30. The van der Waals surface area contributed by atoms with E-state index in [-0.39, 0.29) is 17.3 Å². The summed E-state index contributed by atoms with van der Waals surface area (Å²) in [7, 11) is 0. The number of nitrogens with zero attached hydrogens (tertiary/aromatic N) is 2. The van der Waals surface area contributed by atoms with Crippen molar-refractivity contribution < 1.29 is 9.21 Å². The van der Waals surface area contributed by atoms with Gasteiger partial charge >= 0.3 is 5.69 Å². The highest BCUT2D eigenvalue weighted by Gasteiger charge is 2.21. The van der Waals surface area contributed by atoms with Crippen molar-refractivity contribution >= 4 is 23.4 Å². The van der Waals surface area contributed by atoms with Gasteiger partial charge in [0.1, 0.15) is 10.8 Å². The molecule has 32 heavy (non-hydrogen) atoms. The minimum absolute atomic E-state index is 0.0950. The number of benzene rings is 1. The summed E-state index contributed by atoms with van der Waals surface area (Å²) in [5, 5.41) is 3.63. The van der Waals surface area contributed by atoms with E-state index in [2.05, 4.69) is 29.4 Å². The first-order chi connectivity index (χ1) is 15.6. The van der Waals surface area contributed by atoms with Crippen molar-refractivity contribution in [3.63, 3.8) is 0 Å². The van der Waals surface area contributed by atoms with Gasteiger partial charge in [-0.25, -0.2) is 4.79 Å². The lowest BCUT2D eigenvalue weighted by Gasteiger charge is -2.22. The number of hydrogen-bond acceptors (Lipinski definition) is 5. The van der Waals surface area contributed by atoms with Crippen LogP contribution in [0.2, 0.25) is 0 Å². The Bertz CT molecular complexity index is 1100. The highest BCUT2D eigenvalue weighted by molar-refractivity contribution is 8.00. The van der Waals surface area contributed by atoms with E-state index in [9.17, 15) is 9.59 Å². The van der Waals surface area contributed by atoms with E-state index >= 15 is 0 Å². The molecule has 2 aromatic heterocycles. The fourth-order valence-corrected chi connectivity index (χ4v) is 4.93. The van der Waals surface area contributed by atoms with Gasteiger partial charge in [-0.1, -0.05) is 37.2 Å². The third-order valence-corrected chi connectivity index (χ3v) is 6.76. The van der Waals surface area contributed by atoms with Gasteiger partial charge in [0.25, 0.3) is 0 Å². The normalized spacial score (nSPS) is 13.0. The molecular weight excluding hydrogens is 422 g/mol. The molecule has 1 amide bonds. The average Bonchev–Trinajstić information content (AvgIpc) is 3.32. The molecule has 3 aromatic rings. The number of thioether (sulfide) groups is 1. The molecule has 2 heterocycles. The van der Waals surface area contributed by atoms with Gasteiger partial charge in [-0.05, 0) is 68.4 Å². The number of rotatable bonds is 9. The Kier molecular flexibility index (Phi) is 7.47. The molecular formula is C25H29N3O3S. The second-order valence-electron chi connectivity index (χ2n) is 8.13. The van der Waals surface area contributed by atoms with E-state index in [0.29, 0.717) is 11.6 Å². The lowest BCUT2D eigenvalue weighted by molar-refractivity contribution is -0.113. The maximum absolute atomic E-state index is 12.8. The number of furan rings is 1. The molecule has 0 unspecified atom stereocenters. The summed E-state index contributed by atoms with van der Waals surface area (Å²) in [5.41, 5.74) is 3.91. The van der Waals surface area contributed by atoms with Gasteiger partial charge < -0.3 is 9.73 Å². The summed E-state index contributed by atoms with van der Waals surface area (Å²) in [6.45, 7) is 2.57. The van der Waals surface area contributed by atoms with Crippen LogP contribution in [0.25, 0.3) is 0 Å². The smallest absolute Gasteiger partial charge is 0.349 e. The summed E-state index contributed by atoms with van der Waals surface area (Å²) in [4.78, 5) is 29.6. The van der Waals surface area contributed by atoms with Crippen LogP contribution in [0.1, 0.15) is 55.2 Å². The van der Waals surface area contributed by atoms with Gasteiger partial charge in [0, 0.05) is 16.9 Å². The molecule has 6 nitrogen and oxygen atoms in total. The quantitative estimate of drug-likeness (QED) is 0.372. The van der Waals surface area contributed by atoms with Crippen LogP contribution >= 0.6 is 11.8 Å². The van der Waals surface area contributed by atoms with Gasteiger partial charge in [0.2, 0.25) is 5.91 Å². The highest BCUT2D eigenvalue weighted by Crippen LogP contribution is 2.29. The topological polar surface area (TPSA) is 77.1 Å². The van der Waals surface area contributed by atoms with Crippen molar-refractivity contribution in [1.82, 2.24) is 9.55 Å². The van der Waals surface area contributed by atoms with Gasteiger partial charge in [-0.3, -0.25) is 9.36 Å². The van der Waals surface area contributed by atoms with Crippen LogP contribution < -0.4 is 11.0 Å². The van der Waals surface area contributed by atoms with Crippen molar-refractivity contribution in [2.45, 2.75) is 63.4 Å². The summed E-state index contributed by atoms with van der Waals surface area (Å²) in [6.07, 6.45) is 8.85. The van der Waals surface area contributed by atoms with Crippen molar-refractivity contribution in [3.8, 4) is 0 Å². The highest BCUT2D eigenvalue weighted by atomic mass is 32.2. The van der Waals surface area contributed by atoms with Gasteiger partial charge in [0.05, 0.1) is 18.6 Å². The molecule has 1 aromatic carbocycles. The minimum Gasteiger partial charge on any atom is -0.467 e. The van der Waals surface area contributed by atoms with E-state index in [4.69, 9.17) is 4.42 Å². The third kappa shape index (κ3) is 5.51. The van der Waals surface area contributed by atoms with Crippen molar-refractivity contribution in [2.24, 2.45) is 0 Å². The number of hydrogen-bond donors (Lipinski definition) is 1. The third-order valence-electron chi connectivity index (χ3n) is 5.74.